The molecule has 1 heterocycles. The monoisotopic (exact) mass is 489 g/mol. The molecule has 0 aromatic heterocycles. The minimum Gasteiger partial charge on any atom is -0.354 e. The topological polar surface area (TPSA) is 91.1 Å². The fourth-order valence-corrected chi connectivity index (χ4v) is 2.68. The van der Waals surface area contributed by atoms with Gasteiger partial charge >= 0.3 is 0 Å². The summed E-state index contributed by atoms with van der Waals surface area (Å²) in [6.45, 7) is 9.11. The number of carbonyl (C=O) groups is 1. The fourth-order valence-electron chi connectivity index (χ4n) is 2.68. The maximum Gasteiger partial charge on any atom is 0.269 e. The van der Waals surface area contributed by atoms with E-state index in [1.54, 1.807) is 19.1 Å². The first-order valence-electron chi connectivity index (χ1n) is 8.95. The van der Waals surface area contributed by atoms with Gasteiger partial charge in [0.15, 0.2) is 5.96 Å². The van der Waals surface area contributed by atoms with E-state index in [-0.39, 0.29) is 41.6 Å². The molecular weight excluding hydrogens is 461 g/mol. The Balaban J connectivity index is 0.00000364. The minimum absolute atomic E-state index is 0. The molecule has 27 heavy (non-hydrogen) atoms. The first-order chi connectivity index (χ1) is 12.4. The highest BCUT2D eigenvalue weighted by atomic mass is 127. The summed E-state index contributed by atoms with van der Waals surface area (Å²) in [6, 6.07) is 6.75. The van der Waals surface area contributed by atoms with Crippen LogP contribution in [0.5, 0.6) is 0 Å². The molecule has 1 aromatic rings. The molecule has 1 saturated heterocycles. The van der Waals surface area contributed by atoms with E-state index in [1.807, 2.05) is 4.90 Å². The van der Waals surface area contributed by atoms with E-state index in [0.29, 0.717) is 19.6 Å². The molecule has 0 radical (unpaired) electrons. The highest BCUT2D eigenvalue weighted by Crippen LogP contribution is 2.13. The Hall–Kier alpha value is -1.91. The van der Waals surface area contributed by atoms with Gasteiger partial charge in [-0.05, 0) is 18.9 Å². The predicted octanol–water partition coefficient (Wildman–Crippen LogP) is 2.62. The summed E-state index contributed by atoms with van der Waals surface area (Å²) >= 11 is 0. The molecule has 1 aliphatic rings. The van der Waals surface area contributed by atoms with Gasteiger partial charge in [-0.15, -0.1) is 24.0 Å². The number of guanidine groups is 1. The molecule has 2 rings (SSSR count). The Kier molecular flexibility index (Phi) is 9.47. The summed E-state index contributed by atoms with van der Waals surface area (Å²) < 4.78 is 0. The highest BCUT2D eigenvalue weighted by molar-refractivity contribution is 14.0. The molecule has 8 nitrogen and oxygen atoms in total. The lowest BCUT2D eigenvalue weighted by molar-refractivity contribution is -0.384. The third-order valence-electron chi connectivity index (χ3n) is 4.57. The number of amides is 1. The zero-order valence-electron chi connectivity index (χ0n) is 16.1. The standard InChI is InChI=1S/C18H27N5O3.HI/c1-4-14(2)20-18(22-11-9-21(10-12-22)15(3)24)19-13-16-5-7-17(8-6-16)23(25)26;/h5-8,14H,4,9-13H2,1-3H3,(H,19,20);1H. The van der Waals surface area contributed by atoms with Crippen LogP contribution < -0.4 is 5.32 Å². The van der Waals surface area contributed by atoms with Crippen LogP contribution in [0.3, 0.4) is 0 Å². The molecule has 1 unspecified atom stereocenters. The summed E-state index contributed by atoms with van der Waals surface area (Å²) in [7, 11) is 0. The molecule has 150 valence electrons. The van der Waals surface area contributed by atoms with Crippen molar-refractivity contribution in [2.75, 3.05) is 26.2 Å². The van der Waals surface area contributed by atoms with Crippen molar-refractivity contribution in [3.8, 4) is 0 Å². The lowest BCUT2D eigenvalue weighted by atomic mass is 10.2. The maximum atomic E-state index is 11.5. The van der Waals surface area contributed by atoms with Gasteiger partial charge in [-0.3, -0.25) is 14.9 Å². The van der Waals surface area contributed by atoms with Crippen molar-refractivity contribution < 1.29 is 9.72 Å². The van der Waals surface area contributed by atoms with E-state index < -0.39 is 4.92 Å². The number of non-ortho nitro benzene ring substituents is 1. The van der Waals surface area contributed by atoms with Crippen molar-refractivity contribution >= 4 is 41.5 Å². The predicted molar refractivity (Wildman–Crippen MR) is 116 cm³/mol. The number of nitrogens with zero attached hydrogens (tertiary/aromatic N) is 4. The van der Waals surface area contributed by atoms with Crippen LogP contribution in [0.4, 0.5) is 5.69 Å². The molecule has 0 saturated carbocycles. The summed E-state index contributed by atoms with van der Waals surface area (Å²) in [5.74, 6) is 0.921. The van der Waals surface area contributed by atoms with Crippen molar-refractivity contribution in [1.29, 1.82) is 0 Å². The van der Waals surface area contributed by atoms with Crippen LogP contribution in [-0.4, -0.2) is 58.8 Å². The van der Waals surface area contributed by atoms with Crippen molar-refractivity contribution in [2.24, 2.45) is 4.99 Å². The lowest BCUT2D eigenvalue weighted by Crippen LogP contribution is -2.54. The lowest BCUT2D eigenvalue weighted by Gasteiger charge is -2.37. The maximum absolute atomic E-state index is 11.5. The van der Waals surface area contributed by atoms with Gasteiger partial charge in [0.25, 0.3) is 5.69 Å². The zero-order valence-corrected chi connectivity index (χ0v) is 18.4. The van der Waals surface area contributed by atoms with Gasteiger partial charge in [0, 0.05) is 51.3 Å². The number of aliphatic imine (C=N–C) groups is 1. The number of hydrogen-bond donors (Lipinski definition) is 1. The van der Waals surface area contributed by atoms with Crippen LogP contribution in [0.15, 0.2) is 29.3 Å². The summed E-state index contributed by atoms with van der Waals surface area (Å²) in [4.78, 5) is 30.6. The van der Waals surface area contributed by atoms with Crippen LogP contribution in [0.2, 0.25) is 0 Å². The summed E-state index contributed by atoms with van der Waals surface area (Å²) in [5, 5.41) is 14.2. The van der Waals surface area contributed by atoms with Crippen LogP contribution in [0, 0.1) is 10.1 Å². The molecule has 0 bridgehead atoms. The van der Waals surface area contributed by atoms with Gasteiger partial charge in [0.2, 0.25) is 5.91 Å². The first kappa shape index (κ1) is 23.1. The summed E-state index contributed by atoms with van der Waals surface area (Å²) in [5.41, 5.74) is 0.998. The number of piperazine rings is 1. The SMILES string of the molecule is CCC(C)NC(=NCc1ccc([N+](=O)[O-])cc1)N1CCN(C(C)=O)CC1.I. The van der Waals surface area contributed by atoms with Crippen LogP contribution in [-0.2, 0) is 11.3 Å². The zero-order chi connectivity index (χ0) is 19.1. The normalized spacial score (nSPS) is 15.7. The molecule has 1 fully saturated rings. The van der Waals surface area contributed by atoms with Crippen LogP contribution >= 0.6 is 24.0 Å². The van der Waals surface area contributed by atoms with E-state index in [2.05, 4.69) is 24.1 Å². The van der Waals surface area contributed by atoms with Crippen molar-refractivity contribution in [2.45, 2.75) is 39.8 Å². The number of nitro groups is 1. The van der Waals surface area contributed by atoms with Gasteiger partial charge in [0.1, 0.15) is 0 Å². The fraction of sp³-hybridized carbons (Fsp3) is 0.556. The molecule has 9 heteroatoms. The molecule has 1 amide bonds. The van der Waals surface area contributed by atoms with Crippen LogP contribution in [0.1, 0.15) is 32.8 Å². The number of nitrogens with one attached hydrogen (secondary N) is 1. The third kappa shape index (κ3) is 6.96. The van der Waals surface area contributed by atoms with Gasteiger partial charge < -0.3 is 15.1 Å². The minimum atomic E-state index is -0.405. The number of carbonyl (C=O) groups excluding carboxylic acids is 1. The molecule has 0 spiro atoms. The Bertz CT molecular complexity index is 657. The Labute approximate surface area is 177 Å². The van der Waals surface area contributed by atoms with E-state index in [1.165, 1.54) is 12.1 Å². The second-order valence-corrected chi connectivity index (χ2v) is 6.51. The van der Waals surface area contributed by atoms with Gasteiger partial charge in [-0.25, -0.2) is 4.99 Å². The quantitative estimate of drug-likeness (QED) is 0.226. The molecule has 1 aliphatic heterocycles. The average molecular weight is 489 g/mol. The van der Waals surface area contributed by atoms with Crippen molar-refractivity contribution in [3.63, 3.8) is 0 Å². The Morgan fingerprint density at radius 1 is 1.22 bits per heavy atom. The molecule has 1 atom stereocenters. The van der Waals surface area contributed by atoms with Gasteiger partial charge in [-0.1, -0.05) is 19.1 Å². The second-order valence-electron chi connectivity index (χ2n) is 6.51. The smallest absolute Gasteiger partial charge is 0.269 e. The van der Waals surface area contributed by atoms with Crippen LogP contribution in [0.25, 0.3) is 0 Å². The molecular formula is C18H28IN5O3. The number of benzene rings is 1. The Morgan fingerprint density at radius 2 is 1.78 bits per heavy atom. The molecule has 1 N–H and O–H groups in total. The number of hydrogen-bond acceptors (Lipinski definition) is 4. The number of rotatable bonds is 5. The first-order valence-corrected chi connectivity index (χ1v) is 8.95. The molecule has 0 aliphatic carbocycles. The van der Waals surface area contributed by atoms with E-state index in [9.17, 15) is 14.9 Å². The van der Waals surface area contributed by atoms with Crippen molar-refractivity contribution in [1.82, 2.24) is 15.1 Å². The highest BCUT2D eigenvalue weighted by Gasteiger charge is 2.21. The van der Waals surface area contributed by atoms with Gasteiger partial charge in [0.05, 0.1) is 11.5 Å². The number of nitro benzene ring substituents is 1. The largest absolute Gasteiger partial charge is 0.354 e. The summed E-state index contributed by atoms with van der Waals surface area (Å²) in [6.07, 6.45) is 0.976. The number of halogens is 1. The van der Waals surface area contributed by atoms with Gasteiger partial charge in [-0.2, -0.15) is 0 Å². The Morgan fingerprint density at radius 3 is 2.26 bits per heavy atom. The van der Waals surface area contributed by atoms with E-state index in [0.717, 1.165) is 31.0 Å². The molecule has 1 aromatic carbocycles. The average Bonchev–Trinajstić information content (AvgIpc) is 2.65. The van der Waals surface area contributed by atoms with E-state index in [4.69, 9.17) is 4.99 Å². The third-order valence-corrected chi connectivity index (χ3v) is 4.57. The van der Waals surface area contributed by atoms with Crippen molar-refractivity contribution in [3.05, 3.63) is 39.9 Å². The van der Waals surface area contributed by atoms with E-state index >= 15 is 0 Å². The second kappa shape index (κ2) is 11.1.